The number of para-hydroxylation sites is 1. The molecule has 0 fully saturated rings. The Morgan fingerprint density at radius 2 is 2.08 bits per heavy atom. The highest BCUT2D eigenvalue weighted by Crippen LogP contribution is 2.22. The van der Waals surface area contributed by atoms with Crippen molar-refractivity contribution in [3.8, 4) is 6.07 Å². The summed E-state index contributed by atoms with van der Waals surface area (Å²) in [4.78, 5) is 12.9. The molecule has 1 aromatic carbocycles. The third kappa shape index (κ3) is 3.02. The van der Waals surface area contributed by atoms with E-state index in [0.717, 1.165) is 17.1 Å². The van der Waals surface area contributed by atoms with Gasteiger partial charge in [-0.25, -0.2) is 0 Å². The monoisotopic (exact) mass is 341 g/mol. The van der Waals surface area contributed by atoms with Gasteiger partial charge in [0.15, 0.2) is 5.16 Å². The Morgan fingerprint density at radius 1 is 1.29 bits per heavy atom. The van der Waals surface area contributed by atoms with E-state index in [9.17, 15) is 4.79 Å². The van der Waals surface area contributed by atoms with E-state index in [0.29, 0.717) is 35.8 Å². The molecule has 0 N–H and O–H groups in total. The van der Waals surface area contributed by atoms with Crippen LogP contribution in [0, 0.1) is 17.2 Å². The molecule has 6 nitrogen and oxygen atoms in total. The van der Waals surface area contributed by atoms with Gasteiger partial charge in [-0.05, 0) is 24.5 Å². The van der Waals surface area contributed by atoms with Crippen molar-refractivity contribution >= 4 is 28.4 Å². The number of rotatable bonds is 6. The first-order chi connectivity index (χ1) is 11.6. The lowest BCUT2D eigenvalue weighted by molar-refractivity contribution is 0.512. The van der Waals surface area contributed by atoms with Gasteiger partial charge in [0, 0.05) is 18.7 Å². The molecule has 2 aromatic heterocycles. The second-order valence-corrected chi connectivity index (χ2v) is 7.09. The average Bonchev–Trinajstić information content (AvgIpc) is 2.99. The molecule has 3 rings (SSSR count). The lowest BCUT2D eigenvalue weighted by Gasteiger charge is -2.12. The number of nitriles is 1. The van der Waals surface area contributed by atoms with Crippen molar-refractivity contribution in [1.82, 2.24) is 19.2 Å². The van der Waals surface area contributed by atoms with Gasteiger partial charge in [-0.15, -0.1) is 10.2 Å². The minimum Gasteiger partial charge on any atom is -0.276 e. The summed E-state index contributed by atoms with van der Waals surface area (Å²) in [5.41, 5.74) is 0.780. The third-order valence-electron chi connectivity index (χ3n) is 3.85. The van der Waals surface area contributed by atoms with Crippen LogP contribution in [0.4, 0.5) is 0 Å². The molecule has 0 aliphatic carbocycles. The van der Waals surface area contributed by atoms with Gasteiger partial charge in [-0.3, -0.25) is 13.8 Å². The Hall–Kier alpha value is -2.33. The summed E-state index contributed by atoms with van der Waals surface area (Å²) in [5.74, 6) is 1.71. The molecule has 0 bridgehead atoms. The van der Waals surface area contributed by atoms with Crippen LogP contribution in [-0.4, -0.2) is 24.9 Å². The van der Waals surface area contributed by atoms with Crippen LogP contribution in [0.2, 0.25) is 0 Å². The summed E-state index contributed by atoms with van der Waals surface area (Å²) in [6.07, 6.45) is 1.35. The summed E-state index contributed by atoms with van der Waals surface area (Å²) >= 11 is 1.49. The Labute approximate surface area is 144 Å². The normalized spacial score (nSPS) is 11.4. The lowest BCUT2D eigenvalue weighted by Crippen LogP contribution is -2.24. The first-order valence-electron chi connectivity index (χ1n) is 8.00. The SMILES string of the molecule is CC(C)CCn1c(=O)c2ccccc2n2c(SCCC#N)nnc12. The smallest absolute Gasteiger partial charge is 0.262 e. The van der Waals surface area contributed by atoms with Crippen LogP contribution in [0.1, 0.15) is 26.7 Å². The van der Waals surface area contributed by atoms with Crippen molar-refractivity contribution in [3.05, 3.63) is 34.6 Å². The standard InChI is InChI=1S/C17H19N5OS/c1-12(2)8-10-21-15(23)13-6-3-4-7-14(13)22-16(21)19-20-17(22)24-11-5-9-18/h3-4,6-7,12H,5,8,10-11H2,1-2H3. The number of thioether (sulfide) groups is 1. The summed E-state index contributed by atoms with van der Waals surface area (Å²) in [6.45, 7) is 4.89. The number of nitrogens with zero attached hydrogens (tertiary/aromatic N) is 5. The summed E-state index contributed by atoms with van der Waals surface area (Å²) in [6, 6.07) is 9.66. The Bertz CT molecular complexity index is 967. The van der Waals surface area contributed by atoms with Gasteiger partial charge >= 0.3 is 0 Å². The van der Waals surface area contributed by atoms with Gasteiger partial charge in [0.25, 0.3) is 5.56 Å². The zero-order valence-corrected chi connectivity index (χ0v) is 14.6. The molecule has 0 saturated heterocycles. The molecular formula is C17H19N5OS. The highest BCUT2D eigenvalue weighted by molar-refractivity contribution is 7.99. The third-order valence-corrected chi connectivity index (χ3v) is 4.78. The highest BCUT2D eigenvalue weighted by Gasteiger charge is 2.16. The first kappa shape index (κ1) is 16.5. The van der Waals surface area contributed by atoms with Crippen LogP contribution in [0.5, 0.6) is 0 Å². The highest BCUT2D eigenvalue weighted by atomic mass is 32.2. The van der Waals surface area contributed by atoms with Crippen LogP contribution in [-0.2, 0) is 6.54 Å². The fourth-order valence-electron chi connectivity index (χ4n) is 2.60. The molecule has 24 heavy (non-hydrogen) atoms. The minimum atomic E-state index is -0.0280. The number of hydrogen-bond donors (Lipinski definition) is 0. The van der Waals surface area contributed by atoms with E-state index >= 15 is 0 Å². The molecule has 7 heteroatoms. The van der Waals surface area contributed by atoms with E-state index in [1.807, 2.05) is 28.7 Å². The van der Waals surface area contributed by atoms with Crippen LogP contribution in [0.3, 0.4) is 0 Å². The molecule has 0 unspecified atom stereocenters. The molecule has 0 aliphatic heterocycles. The van der Waals surface area contributed by atoms with Gasteiger partial charge in [-0.1, -0.05) is 37.7 Å². The van der Waals surface area contributed by atoms with Crippen molar-refractivity contribution in [1.29, 1.82) is 5.26 Å². The largest absolute Gasteiger partial charge is 0.276 e. The van der Waals surface area contributed by atoms with Crippen molar-refractivity contribution in [2.24, 2.45) is 5.92 Å². The molecule has 0 radical (unpaired) electrons. The molecule has 124 valence electrons. The van der Waals surface area contributed by atoms with Gasteiger partial charge in [0.2, 0.25) is 5.78 Å². The van der Waals surface area contributed by atoms with Gasteiger partial charge in [0.05, 0.1) is 17.0 Å². The number of benzene rings is 1. The predicted octanol–water partition coefficient (Wildman–Crippen LogP) is 3.10. The van der Waals surface area contributed by atoms with Crippen molar-refractivity contribution < 1.29 is 0 Å². The summed E-state index contributed by atoms with van der Waals surface area (Å²) in [7, 11) is 0. The molecule has 0 atom stereocenters. The fourth-order valence-corrected chi connectivity index (χ4v) is 3.39. The van der Waals surface area contributed by atoms with Crippen molar-refractivity contribution in [3.63, 3.8) is 0 Å². The topological polar surface area (TPSA) is 76.0 Å². The first-order valence-corrected chi connectivity index (χ1v) is 8.98. The van der Waals surface area contributed by atoms with E-state index in [-0.39, 0.29) is 5.56 Å². The van der Waals surface area contributed by atoms with Crippen LogP contribution in [0.25, 0.3) is 16.7 Å². The maximum absolute atomic E-state index is 12.9. The number of aryl methyl sites for hydroxylation is 1. The second-order valence-electron chi connectivity index (χ2n) is 6.03. The van der Waals surface area contributed by atoms with E-state index in [4.69, 9.17) is 5.26 Å². The zero-order valence-electron chi connectivity index (χ0n) is 13.8. The fraction of sp³-hybridized carbons (Fsp3) is 0.412. The van der Waals surface area contributed by atoms with Crippen LogP contribution < -0.4 is 5.56 Å². The second kappa shape index (κ2) is 7.05. The number of hydrogen-bond acceptors (Lipinski definition) is 5. The van der Waals surface area contributed by atoms with E-state index in [1.54, 1.807) is 4.57 Å². The van der Waals surface area contributed by atoms with E-state index in [2.05, 4.69) is 30.1 Å². The van der Waals surface area contributed by atoms with Crippen molar-refractivity contribution in [2.75, 3.05) is 5.75 Å². The molecule has 0 saturated carbocycles. The Balaban J connectivity index is 2.21. The average molecular weight is 341 g/mol. The summed E-state index contributed by atoms with van der Waals surface area (Å²) < 4.78 is 3.64. The van der Waals surface area contributed by atoms with E-state index in [1.165, 1.54) is 11.8 Å². The molecule has 0 spiro atoms. The van der Waals surface area contributed by atoms with E-state index < -0.39 is 0 Å². The van der Waals surface area contributed by atoms with Gasteiger partial charge < -0.3 is 0 Å². The maximum atomic E-state index is 12.9. The lowest BCUT2D eigenvalue weighted by atomic mass is 10.1. The van der Waals surface area contributed by atoms with Gasteiger partial charge in [-0.2, -0.15) is 5.26 Å². The minimum absolute atomic E-state index is 0.0280. The molecule has 0 amide bonds. The number of aromatic nitrogens is 4. The molecule has 0 aliphatic rings. The molecule has 3 aromatic rings. The quantitative estimate of drug-likeness (QED) is 0.509. The summed E-state index contributed by atoms with van der Waals surface area (Å²) in [5, 5.41) is 18.6. The van der Waals surface area contributed by atoms with Crippen LogP contribution in [0.15, 0.2) is 34.2 Å². The van der Waals surface area contributed by atoms with Crippen molar-refractivity contribution in [2.45, 2.75) is 38.4 Å². The maximum Gasteiger partial charge on any atom is 0.262 e. The van der Waals surface area contributed by atoms with Crippen LogP contribution >= 0.6 is 11.8 Å². The Kier molecular flexibility index (Phi) is 4.86. The predicted molar refractivity (Wildman–Crippen MR) is 95.2 cm³/mol. The van der Waals surface area contributed by atoms with Gasteiger partial charge in [0.1, 0.15) is 0 Å². The molecule has 2 heterocycles. The molecular weight excluding hydrogens is 322 g/mol. The number of fused-ring (bicyclic) bond motifs is 3. The Morgan fingerprint density at radius 3 is 2.83 bits per heavy atom. The zero-order chi connectivity index (χ0) is 17.1.